The van der Waals surface area contributed by atoms with E-state index in [1.165, 1.54) is 20.5 Å². The molecule has 0 bridgehead atoms. The summed E-state index contributed by atoms with van der Waals surface area (Å²) in [6, 6.07) is 6.34. The summed E-state index contributed by atoms with van der Waals surface area (Å²) in [5.74, 6) is 1.48. The number of hydrogen-bond acceptors (Lipinski definition) is 3. The van der Waals surface area contributed by atoms with Gasteiger partial charge in [0, 0.05) is 16.1 Å². The molecule has 0 spiro atoms. The number of rotatable bonds is 4. The Morgan fingerprint density at radius 3 is 2.71 bits per heavy atom. The second-order valence-electron chi connectivity index (χ2n) is 4.49. The molecule has 0 saturated carbocycles. The summed E-state index contributed by atoms with van der Waals surface area (Å²) in [7, 11) is 3.71. The smallest absolute Gasteiger partial charge is 0.119 e. The van der Waals surface area contributed by atoms with Gasteiger partial charge in [-0.25, -0.2) is 0 Å². The molecular weight excluding hydrogens is 230 g/mol. The molecule has 0 aliphatic heterocycles. The van der Waals surface area contributed by atoms with Crippen LogP contribution in [0.15, 0.2) is 18.2 Å². The van der Waals surface area contributed by atoms with Gasteiger partial charge in [0.2, 0.25) is 0 Å². The van der Waals surface area contributed by atoms with E-state index in [4.69, 9.17) is 4.74 Å². The maximum absolute atomic E-state index is 5.32. The molecule has 0 aliphatic carbocycles. The Morgan fingerprint density at radius 1 is 1.35 bits per heavy atom. The highest BCUT2D eigenvalue weighted by molar-refractivity contribution is 7.19. The predicted octanol–water partition coefficient (Wildman–Crippen LogP) is 3.75. The number of ether oxygens (including phenoxy) is 1. The highest BCUT2D eigenvalue weighted by atomic mass is 32.1. The highest BCUT2D eigenvalue weighted by Gasteiger charge is 2.14. The summed E-state index contributed by atoms with van der Waals surface area (Å²) in [6.07, 6.45) is 0. The van der Waals surface area contributed by atoms with E-state index in [1.54, 1.807) is 7.11 Å². The largest absolute Gasteiger partial charge is 0.497 e. The maximum atomic E-state index is 5.32. The molecule has 0 atom stereocenters. The molecule has 3 heteroatoms. The van der Waals surface area contributed by atoms with Crippen LogP contribution in [-0.4, -0.2) is 14.2 Å². The summed E-state index contributed by atoms with van der Waals surface area (Å²) in [4.78, 5) is 1.44. The SMILES string of the molecule is CNCc1sc2ccc(OC)cc2c1C(C)C. The summed E-state index contributed by atoms with van der Waals surface area (Å²) < 4.78 is 6.66. The summed E-state index contributed by atoms with van der Waals surface area (Å²) >= 11 is 1.88. The zero-order chi connectivity index (χ0) is 12.4. The number of fused-ring (bicyclic) bond motifs is 1. The molecule has 2 rings (SSSR count). The Hall–Kier alpha value is -1.06. The van der Waals surface area contributed by atoms with Crippen molar-refractivity contribution in [3.8, 4) is 5.75 Å². The molecule has 92 valence electrons. The number of benzene rings is 1. The average molecular weight is 249 g/mol. The minimum atomic E-state index is 0.541. The second kappa shape index (κ2) is 5.07. The number of nitrogens with one attached hydrogen (secondary N) is 1. The van der Waals surface area contributed by atoms with Crippen molar-refractivity contribution in [3.05, 3.63) is 28.6 Å². The number of methoxy groups -OCH3 is 1. The monoisotopic (exact) mass is 249 g/mol. The molecule has 0 aliphatic rings. The fourth-order valence-electron chi connectivity index (χ4n) is 2.20. The van der Waals surface area contributed by atoms with E-state index >= 15 is 0 Å². The summed E-state index contributed by atoms with van der Waals surface area (Å²) in [5, 5.41) is 4.59. The molecule has 2 aromatic rings. The number of thiophene rings is 1. The van der Waals surface area contributed by atoms with Gasteiger partial charge >= 0.3 is 0 Å². The Morgan fingerprint density at radius 2 is 2.12 bits per heavy atom. The summed E-state index contributed by atoms with van der Waals surface area (Å²) in [6.45, 7) is 5.44. The van der Waals surface area contributed by atoms with E-state index in [-0.39, 0.29) is 0 Å². The van der Waals surface area contributed by atoms with Gasteiger partial charge in [-0.05, 0) is 42.1 Å². The van der Waals surface area contributed by atoms with Gasteiger partial charge in [0.05, 0.1) is 7.11 Å². The van der Waals surface area contributed by atoms with Gasteiger partial charge in [0.25, 0.3) is 0 Å². The van der Waals surface area contributed by atoms with Crippen molar-refractivity contribution in [2.24, 2.45) is 0 Å². The van der Waals surface area contributed by atoms with Gasteiger partial charge in [-0.2, -0.15) is 0 Å². The van der Waals surface area contributed by atoms with Gasteiger partial charge in [-0.15, -0.1) is 11.3 Å². The lowest BCUT2D eigenvalue weighted by atomic mass is 9.99. The Kier molecular flexibility index (Phi) is 3.69. The first-order chi connectivity index (χ1) is 8.17. The van der Waals surface area contributed by atoms with Crippen molar-refractivity contribution in [3.63, 3.8) is 0 Å². The average Bonchev–Trinajstić information content (AvgIpc) is 2.66. The molecule has 0 radical (unpaired) electrons. The molecular formula is C14H19NOS. The van der Waals surface area contributed by atoms with Crippen LogP contribution in [0.1, 0.15) is 30.2 Å². The molecule has 17 heavy (non-hydrogen) atoms. The first kappa shape index (κ1) is 12.4. The van der Waals surface area contributed by atoms with E-state index in [9.17, 15) is 0 Å². The predicted molar refractivity (Wildman–Crippen MR) is 75.2 cm³/mol. The maximum Gasteiger partial charge on any atom is 0.119 e. The molecule has 1 aromatic heterocycles. The zero-order valence-electron chi connectivity index (χ0n) is 10.8. The van der Waals surface area contributed by atoms with Crippen molar-refractivity contribution in [1.82, 2.24) is 5.32 Å². The highest BCUT2D eigenvalue weighted by Crippen LogP contribution is 2.37. The second-order valence-corrected chi connectivity index (χ2v) is 5.62. The van der Waals surface area contributed by atoms with Crippen LogP contribution in [-0.2, 0) is 6.54 Å². The molecule has 0 unspecified atom stereocenters. The minimum absolute atomic E-state index is 0.541. The first-order valence-electron chi connectivity index (χ1n) is 5.91. The van der Waals surface area contributed by atoms with Crippen LogP contribution >= 0.6 is 11.3 Å². The third-order valence-corrected chi connectivity index (χ3v) is 4.11. The van der Waals surface area contributed by atoms with Crippen molar-refractivity contribution >= 4 is 21.4 Å². The van der Waals surface area contributed by atoms with Crippen LogP contribution in [0.5, 0.6) is 5.75 Å². The third-order valence-electron chi connectivity index (χ3n) is 2.93. The quantitative estimate of drug-likeness (QED) is 0.891. The van der Waals surface area contributed by atoms with Gasteiger partial charge in [0.1, 0.15) is 5.75 Å². The van der Waals surface area contributed by atoms with E-state index in [0.717, 1.165) is 12.3 Å². The summed E-state index contributed by atoms with van der Waals surface area (Å²) in [5.41, 5.74) is 1.46. The van der Waals surface area contributed by atoms with Crippen molar-refractivity contribution in [2.45, 2.75) is 26.3 Å². The van der Waals surface area contributed by atoms with E-state index in [0.29, 0.717) is 5.92 Å². The van der Waals surface area contributed by atoms with Crippen LogP contribution in [0, 0.1) is 0 Å². The lowest BCUT2D eigenvalue weighted by Gasteiger charge is -2.08. The molecule has 0 fully saturated rings. The molecule has 0 amide bonds. The molecule has 1 N–H and O–H groups in total. The van der Waals surface area contributed by atoms with Crippen LogP contribution in [0.25, 0.3) is 10.1 Å². The fraction of sp³-hybridized carbons (Fsp3) is 0.429. The van der Waals surface area contributed by atoms with Crippen LogP contribution in [0.4, 0.5) is 0 Å². The van der Waals surface area contributed by atoms with Crippen molar-refractivity contribution in [2.75, 3.05) is 14.2 Å². The zero-order valence-corrected chi connectivity index (χ0v) is 11.6. The standard InChI is InChI=1S/C14H19NOS/c1-9(2)14-11-7-10(16-4)5-6-12(11)17-13(14)8-15-3/h5-7,9,15H,8H2,1-4H3. The lowest BCUT2D eigenvalue weighted by Crippen LogP contribution is -2.05. The van der Waals surface area contributed by atoms with E-state index < -0.39 is 0 Å². The van der Waals surface area contributed by atoms with E-state index in [2.05, 4.69) is 31.3 Å². The molecule has 1 aromatic carbocycles. The van der Waals surface area contributed by atoms with Crippen LogP contribution in [0.2, 0.25) is 0 Å². The lowest BCUT2D eigenvalue weighted by molar-refractivity contribution is 0.415. The molecule has 1 heterocycles. The Labute approximate surface area is 107 Å². The normalized spacial score (nSPS) is 11.4. The molecule has 0 saturated heterocycles. The topological polar surface area (TPSA) is 21.3 Å². The third kappa shape index (κ3) is 2.31. The Balaban J connectivity index is 2.63. The first-order valence-corrected chi connectivity index (χ1v) is 6.73. The van der Waals surface area contributed by atoms with Crippen molar-refractivity contribution in [1.29, 1.82) is 0 Å². The Bertz CT molecular complexity index is 516. The number of hydrogen-bond donors (Lipinski definition) is 1. The van der Waals surface area contributed by atoms with Crippen molar-refractivity contribution < 1.29 is 4.74 Å². The van der Waals surface area contributed by atoms with Crippen LogP contribution in [0.3, 0.4) is 0 Å². The van der Waals surface area contributed by atoms with Gasteiger partial charge < -0.3 is 10.1 Å². The van der Waals surface area contributed by atoms with Gasteiger partial charge in [0.15, 0.2) is 0 Å². The van der Waals surface area contributed by atoms with E-state index in [1.807, 2.05) is 24.5 Å². The van der Waals surface area contributed by atoms with Crippen LogP contribution < -0.4 is 10.1 Å². The van der Waals surface area contributed by atoms with Gasteiger partial charge in [-0.3, -0.25) is 0 Å². The fourth-order valence-corrected chi connectivity index (χ4v) is 3.55. The van der Waals surface area contributed by atoms with Gasteiger partial charge in [-0.1, -0.05) is 13.8 Å². The molecule has 2 nitrogen and oxygen atoms in total. The minimum Gasteiger partial charge on any atom is -0.497 e.